The van der Waals surface area contributed by atoms with Gasteiger partial charge in [0.25, 0.3) is 5.91 Å². The van der Waals surface area contributed by atoms with Crippen LogP contribution in [0.4, 0.5) is 5.69 Å². The number of fused-ring (bicyclic) bond motifs is 1. The fourth-order valence-electron chi connectivity index (χ4n) is 2.36. The van der Waals surface area contributed by atoms with Gasteiger partial charge in [-0.2, -0.15) is 5.10 Å². The van der Waals surface area contributed by atoms with Crippen LogP contribution in [0.25, 0.3) is 11.0 Å². The van der Waals surface area contributed by atoms with Crippen molar-refractivity contribution >= 4 is 28.5 Å². The van der Waals surface area contributed by atoms with Gasteiger partial charge < -0.3 is 14.5 Å². The van der Waals surface area contributed by atoms with E-state index in [-0.39, 0.29) is 23.7 Å². The van der Waals surface area contributed by atoms with Crippen molar-refractivity contribution in [3.05, 3.63) is 47.5 Å². The van der Waals surface area contributed by atoms with Crippen molar-refractivity contribution in [2.24, 2.45) is 7.05 Å². The number of nitrogens with zero attached hydrogens (tertiary/aromatic N) is 2. The lowest BCUT2D eigenvalue weighted by molar-refractivity contribution is 0.0494. The second-order valence-electron chi connectivity index (χ2n) is 5.27. The maximum absolute atomic E-state index is 12.5. The zero-order valence-corrected chi connectivity index (χ0v) is 13.6. The molecular weight excluding hydrogens is 310 g/mol. The predicted octanol–water partition coefficient (Wildman–Crippen LogP) is 2.90. The van der Waals surface area contributed by atoms with E-state index in [2.05, 4.69) is 10.4 Å². The first-order valence-electron chi connectivity index (χ1n) is 7.52. The van der Waals surface area contributed by atoms with Crippen molar-refractivity contribution in [2.45, 2.75) is 13.8 Å². The van der Waals surface area contributed by atoms with Gasteiger partial charge in [-0.3, -0.25) is 9.48 Å². The average Bonchev–Trinajstić information content (AvgIpc) is 3.09. The molecule has 0 aliphatic carbocycles. The summed E-state index contributed by atoms with van der Waals surface area (Å²) in [4.78, 5) is 24.6. The van der Waals surface area contributed by atoms with E-state index < -0.39 is 11.9 Å². The summed E-state index contributed by atoms with van der Waals surface area (Å²) in [5.74, 6) is -1.07. The maximum Gasteiger partial charge on any atom is 0.376 e. The molecule has 0 spiro atoms. The summed E-state index contributed by atoms with van der Waals surface area (Å²) < 4.78 is 12.2. The number of nitrogens with one attached hydrogen (secondary N) is 1. The van der Waals surface area contributed by atoms with E-state index >= 15 is 0 Å². The Balaban J connectivity index is 2.02. The fraction of sp³-hybridized carbons (Fsp3) is 0.235. The van der Waals surface area contributed by atoms with Gasteiger partial charge in [-0.1, -0.05) is 12.1 Å². The minimum absolute atomic E-state index is 0.0287. The molecule has 1 aromatic carbocycles. The van der Waals surface area contributed by atoms with Gasteiger partial charge in [0.2, 0.25) is 5.76 Å². The molecule has 3 rings (SSSR count). The topological polar surface area (TPSA) is 86.4 Å². The average molecular weight is 327 g/mol. The third kappa shape index (κ3) is 2.76. The third-order valence-electron chi connectivity index (χ3n) is 3.64. The number of carbonyl (C=O) groups excluding carboxylic acids is 2. The van der Waals surface area contributed by atoms with Gasteiger partial charge in [-0.25, -0.2) is 4.79 Å². The van der Waals surface area contributed by atoms with Gasteiger partial charge in [0.15, 0.2) is 5.69 Å². The van der Waals surface area contributed by atoms with Gasteiger partial charge in [0, 0.05) is 18.1 Å². The van der Waals surface area contributed by atoms with Gasteiger partial charge >= 0.3 is 5.97 Å². The molecule has 0 bridgehead atoms. The van der Waals surface area contributed by atoms with Crippen LogP contribution < -0.4 is 5.32 Å². The molecule has 7 heteroatoms. The van der Waals surface area contributed by atoms with E-state index in [1.807, 2.05) is 6.92 Å². The first-order chi connectivity index (χ1) is 11.5. The molecule has 0 radical (unpaired) electrons. The molecule has 0 fully saturated rings. The molecule has 1 amide bonds. The van der Waals surface area contributed by atoms with Gasteiger partial charge in [-0.15, -0.1) is 0 Å². The van der Waals surface area contributed by atoms with Gasteiger partial charge in [-0.05, 0) is 32.0 Å². The highest BCUT2D eigenvalue weighted by Gasteiger charge is 2.24. The van der Waals surface area contributed by atoms with Crippen LogP contribution in [0.2, 0.25) is 0 Å². The maximum atomic E-state index is 12.5. The number of rotatable bonds is 4. The molecule has 7 nitrogen and oxygen atoms in total. The zero-order valence-electron chi connectivity index (χ0n) is 13.6. The molecule has 0 saturated heterocycles. The summed E-state index contributed by atoms with van der Waals surface area (Å²) in [5.41, 5.74) is 1.89. The van der Waals surface area contributed by atoms with Crippen LogP contribution in [0.3, 0.4) is 0 Å². The Morgan fingerprint density at radius 3 is 2.75 bits per heavy atom. The molecule has 2 aromatic heterocycles. The van der Waals surface area contributed by atoms with Crippen molar-refractivity contribution < 1.29 is 18.7 Å². The number of aromatic nitrogens is 2. The molecule has 0 atom stereocenters. The lowest BCUT2D eigenvalue weighted by Crippen LogP contribution is -2.15. The molecule has 24 heavy (non-hydrogen) atoms. The highest BCUT2D eigenvalue weighted by molar-refractivity contribution is 6.13. The Hall–Kier alpha value is -3.09. The largest absolute Gasteiger partial charge is 0.460 e. The van der Waals surface area contributed by atoms with E-state index in [1.165, 1.54) is 0 Å². The first kappa shape index (κ1) is 15.8. The summed E-state index contributed by atoms with van der Waals surface area (Å²) in [6.07, 6.45) is 0. The Morgan fingerprint density at radius 1 is 1.33 bits per heavy atom. The van der Waals surface area contributed by atoms with Crippen molar-refractivity contribution in [3.63, 3.8) is 0 Å². The predicted molar refractivity (Wildman–Crippen MR) is 88.1 cm³/mol. The summed E-state index contributed by atoms with van der Waals surface area (Å²) >= 11 is 0. The number of aryl methyl sites for hydroxylation is 2. The van der Waals surface area contributed by atoms with E-state index in [0.717, 1.165) is 5.69 Å². The number of hydrogen-bond acceptors (Lipinski definition) is 5. The van der Waals surface area contributed by atoms with Crippen LogP contribution in [0.15, 0.2) is 34.7 Å². The Labute approximate surface area is 138 Å². The number of anilines is 1. The van der Waals surface area contributed by atoms with Crippen molar-refractivity contribution in [1.29, 1.82) is 0 Å². The van der Waals surface area contributed by atoms with E-state index in [4.69, 9.17) is 9.15 Å². The number of hydrogen-bond donors (Lipinski definition) is 1. The van der Waals surface area contributed by atoms with E-state index in [9.17, 15) is 9.59 Å². The number of carbonyl (C=O) groups is 2. The second-order valence-corrected chi connectivity index (χ2v) is 5.27. The number of benzene rings is 1. The Kier molecular flexibility index (Phi) is 4.07. The quantitative estimate of drug-likeness (QED) is 0.745. The van der Waals surface area contributed by atoms with E-state index in [1.54, 1.807) is 49.0 Å². The Bertz CT molecular complexity index is 904. The van der Waals surface area contributed by atoms with Crippen LogP contribution in [-0.2, 0) is 11.8 Å². The fourth-order valence-corrected chi connectivity index (χ4v) is 2.36. The van der Waals surface area contributed by atoms with Crippen LogP contribution in [0, 0.1) is 6.92 Å². The summed E-state index contributed by atoms with van der Waals surface area (Å²) in [6.45, 7) is 3.76. The third-order valence-corrected chi connectivity index (χ3v) is 3.64. The highest BCUT2D eigenvalue weighted by Crippen LogP contribution is 2.31. The molecule has 3 aromatic rings. The zero-order chi connectivity index (χ0) is 17.3. The number of furan rings is 1. The monoisotopic (exact) mass is 327 g/mol. The molecule has 0 unspecified atom stereocenters. The molecule has 0 aliphatic heterocycles. The molecule has 2 heterocycles. The van der Waals surface area contributed by atoms with Crippen molar-refractivity contribution in [2.75, 3.05) is 11.9 Å². The van der Waals surface area contributed by atoms with Crippen LogP contribution >= 0.6 is 0 Å². The minimum Gasteiger partial charge on any atom is -0.460 e. The minimum atomic E-state index is -0.624. The summed E-state index contributed by atoms with van der Waals surface area (Å²) in [6, 6.07) is 8.74. The molecule has 124 valence electrons. The number of amides is 1. The van der Waals surface area contributed by atoms with Crippen molar-refractivity contribution in [1.82, 2.24) is 9.78 Å². The number of ether oxygens (including phenoxy) is 1. The lowest BCUT2D eigenvalue weighted by Gasteiger charge is -2.04. The molecule has 0 saturated carbocycles. The summed E-state index contributed by atoms with van der Waals surface area (Å²) in [7, 11) is 1.75. The van der Waals surface area contributed by atoms with Gasteiger partial charge in [0.1, 0.15) is 11.3 Å². The highest BCUT2D eigenvalue weighted by atomic mass is 16.5. The smallest absolute Gasteiger partial charge is 0.376 e. The van der Waals surface area contributed by atoms with Crippen molar-refractivity contribution in [3.8, 4) is 0 Å². The normalized spacial score (nSPS) is 10.8. The second kappa shape index (κ2) is 6.19. The molecule has 1 N–H and O–H groups in total. The first-order valence-corrected chi connectivity index (χ1v) is 7.52. The van der Waals surface area contributed by atoms with Crippen LogP contribution in [0.5, 0.6) is 0 Å². The van der Waals surface area contributed by atoms with Gasteiger partial charge in [0.05, 0.1) is 6.61 Å². The standard InChI is InChI=1S/C17H17N3O4/c1-4-23-17(22)15-14(11-7-5-6-8-13(11)24-15)18-16(21)12-9-10(2)20(3)19-12/h5-9H,4H2,1-3H3,(H,18,21). The Morgan fingerprint density at radius 2 is 2.08 bits per heavy atom. The van der Waals surface area contributed by atoms with E-state index in [0.29, 0.717) is 11.0 Å². The lowest BCUT2D eigenvalue weighted by atomic mass is 10.2. The van der Waals surface area contributed by atoms with Crippen LogP contribution in [0.1, 0.15) is 33.7 Å². The molecular formula is C17H17N3O4. The number of para-hydroxylation sites is 1. The summed E-state index contributed by atoms with van der Waals surface area (Å²) in [5, 5.41) is 7.49. The number of esters is 1. The van der Waals surface area contributed by atoms with Crippen LogP contribution in [-0.4, -0.2) is 28.3 Å². The SMILES string of the molecule is CCOC(=O)c1oc2ccccc2c1NC(=O)c1cc(C)n(C)n1. The molecule has 0 aliphatic rings.